The van der Waals surface area contributed by atoms with Crippen LogP contribution in [0.5, 0.6) is 5.75 Å². The largest absolute Gasteiger partial charge is 0.497 e. The molecular weight excluding hydrogens is 440 g/mol. The molecule has 1 fully saturated rings. The highest BCUT2D eigenvalue weighted by atomic mass is 19.4. The number of carbonyl (C=O) groups is 1. The SMILES string of the molecule is COc1ccc(C(=O)N[C@@H]2CCC[C@H](Nc3cc(C(F)(F)F)nc(C(F)(F)F)c3)C2)cc1. The van der Waals surface area contributed by atoms with E-state index >= 15 is 0 Å². The molecule has 0 unspecified atom stereocenters. The Morgan fingerprint density at radius 3 is 2.06 bits per heavy atom. The summed E-state index contributed by atoms with van der Waals surface area (Å²) in [5.41, 5.74) is -3.13. The average Bonchev–Trinajstić information content (AvgIpc) is 2.72. The molecule has 1 heterocycles. The molecule has 2 aromatic rings. The molecule has 1 saturated carbocycles. The number of hydrogen-bond donors (Lipinski definition) is 2. The van der Waals surface area contributed by atoms with Gasteiger partial charge in [0.15, 0.2) is 0 Å². The van der Waals surface area contributed by atoms with Crippen molar-refractivity contribution < 1.29 is 35.9 Å². The van der Waals surface area contributed by atoms with Crippen LogP contribution in [-0.2, 0) is 12.4 Å². The van der Waals surface area contributed by atoms with E-state index < -0.39 is 29.8 Å². The molecule has 1 aliphatic carbocycles. The number of aromatic nitrogens is 1. The Morgan fingerprint density at radius 1 is 0.969 bits per heavy atom. The first kappa shape index (κ1) is 23.7. The topological polar surface area (TPSA) is 63.2 Å². The normalized spacial score (nSPS) is 19.3. The monoisotopic (exact) mass is 461 g/mol. The first-order valence-corrected chi connectivity index (χ1v) is 9.83. The van der Waals surface area contributed by atoms with Crippen LogP contribution >= 0.6 is 0 Å². The van der Waals surface area contributed by atoms with E-state index in [0.717, 1.165) is 0 Å². The van der Waals surface area contributed by atoms with Gasteiger partial charge in [-0.2, -0.15) is 26.3 Å². The van der Waals surface area contributed by atoms with Crippen molar-refractivity contribution in [2.45, 2.75) is 50.1 Å². The lowest BCUT2D eigenvalue weighted by atomic mass is 9.90. The zero-order valence-electron chi connectivity index (χ0n) is 17.0. The van der Waals surface area contributed by atoms with Crippen molar-refractivity contribution in [2.75, 3.05) is 12.4 Å². The summed E-state index contributed by atoms with van der Waals surface area (Å²) in [4.78, 5) is 15.2. The number of ether oxygens (including phenoxy) is 1. The Hall–Kier alpha value is -2.98. The highest BCUT2D eigenvalue weighted by molar-refractivity contribution is 5.94. The molecule has 0 radical (unpaired) electrons. The van der Waals surface area contributed by atoms with Gasteiger partial charge in [0, 0.05) is 23.3 Å². The molecule has 0 saturated heterocycles. The van der Waals surface area contributed by atoms with Crippen LogP contribution in [-0.4, -0.2) is 30.1 Å². The van der Waals surface area contributed by atoms with E-state index in [9.17, 15) is 31.1 Å². The Kier molecular flexibility index (Phi) is 6.85. The number of pyridine rings is 1. The van der Waals surface area contributed by atoms with Gasteiger partial charge in [-0.15, -0.1) is 0 Å². The number of benzene rings is 1. The van der Waals surface area contributed by atoms with Gasteiger partial charge in [-0.05, 0) is 62.1 Å². The summed E-state index contributed by atoms with van der Waals surface area (Å²) in [6.45, 7) is 0. The van der Waals surface area contributed by atoms with E-state index in [4.69, 9.17) is 4.74 Å². The van der Waals surface area contributed by atoms with Crippen molar-refractivity contribution in [1.82, 2.24) is 10.3 Å². The van der Waals surface area contributed by atoms with Gasteiger partial charge in [-0.1, -0.05) is 0 Å². The summed E-state index contributed by atoms with van der Waals surface area (Å²) in [6, 6.07) is 6.92. The fraction of sp³-hybridized carbons (Fsp3) is 0.429. The van der Waals surface area contributed by atoms with Crippen LogP contribution in [0.25, 0.3) is 0 Å². The molecular formula is C21H21F6N3O2. The Bertz CT molecular complexity index is 912. The highest BCUT2D eigenvalue weighted by Gasteiger charge is 2.39. The van der Waals surface area contributed by atoms with Gasteiger partial charge in [0.2, 0.25) is 0 Å². The van der Waals surface area contributed by atoms with Crippen molar-refractivity contribution in [3.05, 3.63) is 53.3 Å². The number of rotatable bonds is 5. The van der Waals surface area contributed by atoms with Gasteiger partial charge in [0.1, 0.15) is 17.1 Å². The molecule has 1 amide bonds. The van der Waals surface area contributed by atoms with E-state index in [0.29, 0.717) is 49.1 Å². The van der Waals surface area contributed by atoms with Crippen LogP contribution in [0.2, 0.25) is 0 Å². The number of alkyl halides is 6. The minimum atomic E-state index is -5.01. The summed E-state index contributed by atoms with van der Waals surface area (Å²) in [7, 11) is 1.50. The number of nitrogens with one attached hydrogen (secondary N) is 2. The van der Waals surface area contributed by atoms with Crippen LogP contribution in [0.1, 0.15) is 47.4 Å². The van der Waals surface area contributed by atoms with Crippen molar-refractivity contribution in [2.24, 2.45) is 0 Å². The minimum Gasteiger partial charge on any atom is -0.497 e. The molecule has 1 aliphatic rings. The maximum atomic E-state index is 13.0. The molecule has 0 spiro atoms. The number of nitrogens with zero attached hydrogens (tertiary/aromatic N) is 1. The predicted molar refractivity (Wildman–Crippen MR) is 104 cm³/mol. The van der Waals surface area contributed by atoms with Crippen molar-refractivity contribution >= 4 is 11.6 Å². The van der Waals surface area contributed by atoms with Crippen LogP contribution in [0.3, 0.4) is 0 Å². The zero-order valence-corrected chi connectivity index (χ0v) is 17.0. The molecule has 174 valence electrons. The Balaban J connectivity index is 1.69. The van der Waals surface area contributed by atoms with E-state index in [1.54, 1.807) is 24.3 Å². The number of amides is 1. The number of anilines is 1. The summed E-state index contributed by atoms with van der Waals surface area (Å²) < 4.78 is 83.1. The average molecular weight is 461 g/mol. The van der Waals surface area contributed by atoms with Gasteiger partial charge in [0.25, 0.3) is 5.91 Å². The number of halogens is 6. The number of carbonyl (C=O) groups excluding carboxylic acids is 1. The molecule has 2 N–H and O–H groups in total. The summed E-state index contributed by atoms with van der Waals surface area (Å²) in [5, 5.41) is 5.62. The first-order valence-electron chi connectivity index (χ1n) is 9.83. The summed E-state index contributed by atoms with van der Waals surface area (Å²) >= 11 is 0. The first-order chi connectivity index (χ1) is 15.0. The minimum absolute atomic E-state index is 0.276. The summed E-state index contributed by atoms with van der Waals surface area (Å²) in [5.74, 6) is 0.276. The molecule has 1 aromatic heterocycles. The highest BCUT2D eigenvalue weighted by Crippen LogP contribution is 2.35. The maximum absolute atomic E-state index is 13.0. The molecule has 1 aromatic carbocycles. The molecule has 2 atom stereocenters. The van der Waals surface area contributed by atoms with Crippen LogP contribution < -0.4 is 15.4 Å². The lowest BCUT2D eigenvalue weighted by molar-refractivity contribution is -0.150. The predicted octanol–water partition coefficient (Wildman–Crippen LogP) is 5.28. The lowest BCUT2D eigenvalue weighted by Crippen LogP contribution is -2.41. The lowest BCUT2D eigenvalue weighted by Gasteiger charge is -2.31. The van der Waals surface area contributed by atoms with E-state index in [-0.39, 0.29) is 17.6 Å². The van der Waals surface area contributed by atoms with Gasteiger partial charge in [0.05, 0.1) is 7.11 Å². The Labute approximate surface area is 180 Å². The zero-order chi connectivity index (χ0) is 23.5. The van der Waals surface area contributed by atoms with Crippen LogP contribution in [0.4, 0.5) is 32.0 Å². The van der Waals surface area contributed by atoms with Gasteiger partial charge in [-0.25, -0.2) is 4.98 Å². The Morgan fingerprint density at radius 2 is 1.53 bits per heavy atom. The van der Waals surface area contributed by atoms with Crippen molar-refractivity contribution in [3.63, 3.8) is 0 Å². The molecule has 32 heavy (non-hydrogen) atoms. The van der Waals surface area contributed by atoms with Crippen LogP contribution in [0, 0.1) is 0 Å². The standard InChI is InChI=1S/C21H21F6N3O2/c1-32-16-7-5-12(6-8-16)19(31)29-14-4-2-3-13(9-14)28-15-10-17(20(22,23)24)30-18(11-15)21(25,26)27/h5-8,10-11,13-14H,2-4,9H2,1H3,(H,28,30)(H,29,31)/t13-,14+/m0/s1. The fourth-order valence-electron chi connectivity index (χ4n) is 3.60. The smallest absolute Gasteiger partial charge is 0.433 e. The summed E-state index contributed by atoms with van der Waals surface area (Å²) in [6.07, 6.45) is -7.84. The number of hydrogen-bond acceptors (Lipinski definition) is 4. The maximum Gasteiger partial charge on any atom is 0.433 e. The van der Waals surface area contributed by atoms with Crippen molar-refractivity contribution in [3.8, 4) is 5.75 Å². The molecule has 0 aliphatic heterocycles. The van der Waals surface area contributed by atoms with Crippen molar-refractivity contribution in [1.29, 1.82) is 0 Å². The van der Waals surface area contributed by atoms with Crippen LogP contribution in [0.15, 0.2) is 36.4 Å². The van der Waals surface area contributed by atoms with E-state index in [1.807, 2.05) is 0 Å². The van der Waals surface area contributed by atoms with Gasteiger partial charge >= 0.3 is 12.4 Å². The second-order valence-electron chi connectivity index (χ2n) is 7.53. The van der Waals surface area contributed by atoms with Gasteiger partial charge < -0.3 is 15.4 Å². The number of methoxy groups -OCH3 is 1. The second kappa shape index (κ2) is 9.25. The molecule has 11 heteroatoms. The quantitative estimate of drug-likeness (QED) is 0.595. The third kappa shape index (κ3) is 6.04. The fourth-order valence-corrected chi connectivity index (χ4v) is 3.60. The van der Waals surface area contributed by atoms with E-state index in [1.165, 1.54) is 7.11 Å². The molecule has 3 rings (SSSR count). The molecule has 0 bridgehead atoms. The third-order valence-electron chi connectivity index (χ3n) is 5.14. The molecule has 5 nitrogen and oxygen atoms in total. The van der Waals surface area contributed by atoms with E-state index in [2.05, 4.69) is 15.6 Å². The third-order valence-corrected chi connectivity index (χ3v) is 5.14. The van der Waals surface area contributed by atoms with Gasteiger partial charge in [-0.3, -0.25) is 4.79 Å². The second-order valence-corrected chi connectivity index (χ2v) is 7.53.